The van der Waals surface area contributed by atoms with Crippen LogP contribution in [0.1, 0.15) is 41.0 Å². The molecule has 1 fully saturated rings. The van der Waals surface area contributed by atoms with Crippen LogP contribution >= 0.6 is 0 Å². The van der Waals surface area contributed by atoms with E-state index in [-0.39, 0.29) is 6.61 Å². The SMILES string of the molecule is C/C=C(\C=C\C1C(OC(C)=O)[C@@H](OC(C)=O)C(COC(C)=O)O[C@H]1OC)CC. The number of methoxy groups -OCH3 is 1. The molecule has 0 saturated carbocycles. The molecule has 0 spiro atoms. The molecule has 1 aliphatic heterocycles. The number of carbonyl (C=O) groups excluding carboxylic acids is 3. The summed E-state index contributed by atoms with van der Waals surface area (Å²) in [7, 11) is 1.46. The smallest absolute Gasteiger partial charge is 0.303 e. The van der Waals surface area contributed by atoms with Gasteiger partial charge in [0.05, 0.1) is 5.92 Å². The van der Waals surface area contributed by atoms with E-state index in [1.165, 1.54) is 27.9 Å². The Morgan fingerprint density at radius 3 is 2.07 bits per heavy atom. The quantitative estimate of drug-likeness (QED) is 0.349. The lowest BCUT2D eigenvalue weighted by Crippen LogP contribution is -2.58. The molecular formula is C20H30O8. The normalized spacial score (nSPS) is 28.1. The van der Waals surface area contributed by atoms with Gasteiger partial charge < -0.3 is 23.7 Å². The third kappa shape index (κ3) is 7.09. The summed E-state index contributed by atoms with van der Waals surface area (Å²) in [6.07, 6.45) is 3.04. The summed E-state index contributed by atoms with van der Waals surface area (Å²) in [5.74, 6) is -2.15. The molecule has 0 bridgehead atoms. The van der Waals surface area contributed by atoms with E-state index in [1.807, 2.05) is 32.1 Å². The largest absolute Gasteiger partial charge is 0.463 e. The Morgan fingerprint density at radius 2 is 1.61 bits per heavy atom. The van der Waals surface area contributed by atoms with Crippen molar-refractivity contribution in [3.8, 4) is 0 Å². The fourth-order valence-corrected chi connectivity index (χ4v) is 3.00. The first-order valence-electron chi connectivity index (χ1n) is 9.22. The minimum absolute atomic E-state index is 0.170. The molecule has 0 amide bonds. The Labute approximate surface area is 165 Å². The molecular weight excluding hydrogens is 368 g/mol. The molecule has 8 heteroatoms. The zero-order chi connectivity index (χ0) is 21.3. The number of allylic oxidation sites excluding steroid dienone is 3. The monoisotopic (exact) mass is 398 g/mol. The first kappa shape index (κ1) is 23.8. The highest BCUT2D eigenvalue weighted by molar-refractivity contribution is 5.68. The molecule has 28 heavy (non-hydrogen) atoms. The van der Waals surface area contributed by atoms with Crippen molar-refractivity contribution < 1.29 is 38.1 Å². The summed E-state index contributed by atoms with van der Waals surface area (Å²) in [5.41, 5.74) is 1.07. The van der Waals surface area contributed by atoms with Crippen LogP contribution in [0.25, 0.3) is 0 Å². The summed E-state index contributed by atoms with van der Waals surface area (Å²) in [4.78, 5) is 34.6. The van der Waals surface area contributed by atoms with E-state index < -0.39 is 48.4 Å². The molecule has 3 unspecified atom stereocenters. The van der Waals surface area contributed by atoms with Gasteiger partial charge in [0.15, 0.2) is 18.5 Å². The number of esters is 3. The van der Waals surface area contributed by atoms with Gasteiger partial charge in [0, 0.05) is 27.9 Å². The lowest BCUT2D eigenvalue weighted by Gasteiger charge is -2.43. The van der Waals surface area contributed by atoms with Crippen molar-refractivity contribution in [1.29, 1.82) is 0 Å². The van der Waals surface area contributed by atoms with Crippen molar-refractivity contribution in [1.82, 2.24) is 0 Å². The van der Waals surface area contributed by atoms with Gasteiger partial charge in [-0.05, 0) is 13.3 Å². The Kier molecular flexibility index (Phi) is 9.89. The standard InChI is InChI=1S/C20H30O8/c1-7-15(8-2)9-10-16-18(26-13(4)22)19(27-14(5)23)17(11-25-12(3)21)28-20(16)24-6/h7,9-10,16-20H,8,11H2,1-6H3/b10-9+,15-7-/t16?,17?,18?,19-,20+/m0/s1. The lowest BCUT2D eigenvalue weighted by atomic mass is 9.89. The Balaban J connectivity index is 3.28. The molecule has 0 aromatic carbocycles. The minimum atomic E-state index is -0.961. The summed E-state index contributed by atoms with van der Waals surface area (Å²) in [6.45, 7) is 7.55. The van der Waals surface area contributed by atoms with Crippen LogP contribution in [0, 0.1) is 5.92 Å². The first-order valence-corrected chi connectivity index (χ1v) is 9.22. The van der Waals surface area contributed by atoms with E-state index in [1.54, 1.807) is 0 Å². The van der Waals surface area contributed by atoms with Crippen molar-refractivity contribution in [3.05, 3.63) is 23.8 Å². The van der Waals surface area contributed by atoms with E-state index in [4.69, 9.17) is 23.7 Å². The maximum Gasteiger partial charge on any atom is 0.303 e. The van der Waals surface area contributed by atoms with Gasteiger partial charge in [-0.15, -0.1) is 0 Å². The molecule has 1 rings (SSSR count). The van der Waals surface area contributed by atoms with Crippen LogP contribution < -0.4 is 0 Å². The van der Waals surface area contributed by atoms with Crippen LogP contribution in [-0.2, 0) is 38.1 Å². The van der Waals surface area contributed by atoms with Gasteiger partial charge in [-0.1, -0.05) is 30.7 Å². The van der Waals surface area contributed by atoms with E-state index in [0.29, 0.717) is 0 Å². The topological polar surface area (TPSA) is 97.4 Å². The second-order valence-electron chi connectivity index (χ2n) is 6.38. The Morgan fingerprint density at radius 1 is 1.00 bits per heavy atom. The van der Waals surface area contributed by atoms with E-state index in [9.17, 15) is 14.4 Å². The van der Waals surface area contributed by atoms with Crippen LogP contribution in [0.5, 0.6) is 0 Å². The fraction of sp³-hybridized carbons (Fsp3) is 0.650. The molecule has 1 heterocycles. The maximum atomic E-state index is 11.7. The van der Waals surface area contributed by atoms with Crippen LogP contribution in [-0.4, -0.2) is 56.2 Å². The summed E-state index contributed by atoms with van der Waals surface area (Å²) in [5, 5.41) is 0. The average Bonchev–Trinajstić information content (AvgIpc) is 2.62. The Bertz CT molecular complexity index is 609. The average molecular weight is 398 g/mol. The molecule has 0 radical (unpaired) electrons. The zero-order valence-corrected chi connectivity index (χ0v) is 17.3. The van der Waals surface area contributed by atoms with Crippen molar-refractivity contribution in [2.75, 3.05) is 13.7 Å². The molecule has 0 aromatic rings. The molecule has 8 nitrogen and oxygen atoms in total. The highest BCUT2D eigenvalue weighted by Crippen LogP contribution is 2.33. The molecule has 158 valence electrons. The Hall–Kier alpha value is -2.19. The molecule has 0 aliphatic carbocycles. The fourth-order valence-electron chi connectivity index (χ4n) is 3.00. The maximum absolute atomic E-state index is 11.7. The number of hydrogen-bond acceptors (Lipinski definition) is 8. The predicted molar refractivity (Wildman–Crippen MR) is 100 cm³/mol. The summed E-state index contributed by atoms with van der Waals surface area (Å²) >= 11 is 0. The van der Waals surface area contributed by atoms with Crippen molar-refractivity contribution in [2.24, 2.45) is 5.92 Å². The van der Waals surface area contributed by atoms with E-state index in [2.05, 4.69) is 0 Å². The molecule has 0 N–H and O–H groups in total. The number of rotatable bonds is 8. The highest BCUT2D eigenvalue weighted by atomic mass is 16.7. The third-order valence-electron chi connectivity index (χ3n) is 4.29. The van der Waals surface area contributed by atoms with Gasteiger partial charge >= 0.3 is 17.9 Å². The van der Waals surface area contributed by atoms with Crippen LogP contribution in [0.2, 0.25) is 0 Å². The van der Waals surface area contributed by atoms with Crippen molar-refractivity contribution >= 4 is 17.9 Å². The van der Waals surface area contributed by atoms with Crippen LogP contribution in [0.4, 0.5) is 0 Å². The zero-order valence-electron chi connectivity index (χ0n) is 17.3. The second kappa shape index (κ2) is 11.6. The van der Waals surface area contributed by atoms with Gasteiger partial charge in [-0.3, -0.25) is 14.4 Å². The number of carbonyl (C=O) groups is 3. The molecule has 5 atom stereocenters. The highest BCUT2D eigenvalue weighted by Gasteiger charge is 2.49. The van der Waals surface area contributed by atoms with Crippen molar-refractivity contribution in [2.45, 2.75) is 65.6 Å². The first-order chi connectivity index (χ1) is 13.2. The van der Waals surface area contributed by atoms with Gasteiger partial charge in [0.2, 0.25) is 0 Å². The number of ether oxygens (including phenoxy) is 5. The van der Waals surface area contributed by atoms with Crippen molar-refractivity contribution in [3.63, 3.8) is 0 Å². The molecule has 1 aliphatic rings. The predicted octanol–water partition coefficient (Wildman–Crippen LogP) is 2.31. The third-order valence-corrected chi connectivity index (χ3v) is 4.29. The molecule has 0 aromatic heterocycles. The summed E-state index contributed by atoms with van der Waals surface area (Å²) < 4.78 is 27.2. The second-order valence-corrected chi connectivity index (χ2v) is 6.38. The van der Waals surface area contributed by atoms with Gasteiger partial charge in [0.25, 0.3) is 0 Å². The number of hydrogen-bond donors (Lipinski definition) is 0. The molecule has 1 saturated heterocycles. The van der Waals surface area contributed by atoms with Crippen LogP contribution in [0.15, 0.2) is 23.8 Å². The van der Waals surface area contributed by atoms with Gasteiger partial charge in [0.1, 0.15) is 12.7 Å². The minimum Gasteiger partial charge on any atom is -0.463 e. The van der Waals surface area contributed by atoms with Gasteiger partial charge in [-0.2, -0.15) is 0 Å². The summed E-state index contributed by atoms with van der Waals surface area (Å²) in [6, 6.07) is 0. The van der Waals surface area contributed by atoms with E-state index >= 15 is 0 Å². The van der Waals surface area contributed by atoms with E-state index in [0.717, 1.165) is 12.0 Å². The van der Waals surface area contributed by atoms with Crippen LogP contribution in [0.3, 0.4) is 0 Å². The lowest BCUT2D eigenvalue weighted by molar-refractivity contribution is -0.277. The van der Waals surface area contributed by atoms with Gasteiger partial charge in [-0.25, -0.2) is 0 Å².